The Kier molecular flexibility index (Phi) is 5.41. The van der Waals surface area contributed by atoms with Crippen LogP contribution in [0.2, 0.25) is 0 Å². The maximum Gasteiger partial charge on any atom is 0.314 e. The number of carbonyl (C=O) groups is 2. The van der Waals surface area contributed by atoms with Crippen LogP contribution in [0.15, 0.2) is 30.3 Å². The van der Waals surface area contributed by atoms with E-state index in [1.165, 1.54) is 4.68 Å². The molecule has 1 aromatic heterocycles. The Hall–Kier alpha value is -2.68. The van der Waals surface area contributed by atoms with E-state index in [0.29, 0.717) is 22.9 Å². The van der Waals surface area contributed by atoms with Gasteiger partial charge in [0.05, 0.1) is 22.9 Å². The molecular weight excluding hydrogens is 416 g/mol. The van der Waals surface area contributed by atoms with Crippen LogP contribution in [0.4, 0.5) is 5.82 Å². The van der Waals surface area contributed by atoms with E-state index in [4.69, 9.17) is 0 Å². The largest absolute Gasteiger partial charge is 0.345 e. The fourth-order valence-electron chi connectivity index (χ4n) is 5.00. The van der Waals surface area contributed by atoms with Crippen LogP contribution in [0.5, 0.6) is 0 Å². The van der Waals surface area contributed by atoms with Gasteiger partial charge in [0, 0.05) is 11.6 Å². The summed E-state index contributed by atoms with van der Waals surface area (Å²) in [6, 6.07) is 9.04. The van der Waals surface area contributed by atoms with Crippen molar-refractivity contribution in [3.05, 3.63) is 41.6 Å². The molecule has 1 aliphatic heterocycles. The molecule has 8 nitrogen and oxygen atoms in total. The highest BCUT2D eigenvalue weighted by atomic mass is 32.2. The number of fused-ring (bicyclic) bond motifs is 1. The van der Waals surface area contributed by atoms with Crippen LogP contribution in [0, 0.1) is 11.3 Å². The molecule has 0 bridgehead atoms. The van der Waals surface area contributed by atoms with E-state index < -0.39 is 21.7 Å². The molecular formula is C22H28N4O4S. The average molecular weight is 445 g/mol. The van der Waals surface area contributed by atoms with Crippen LogP contribution in [0.1, 0.15) is 51.3 Å². The van der Waals surface area contributed by atoms with Crippen molar-refractivity contribution in [2.24, 2.45) is 11.3 Å². The van der Waals surface area contributed by atoms with Crippen molar-refractivity contribution in [2.45, 2.75) is 57.6 Å². The number of sulfone groups is 1. The molecule has 2 aromatic rings. The molecule has 31 heavy (non-hydrogen) atoms. The normalized spacial score (nSPS) is 23.7. The van der Waals surface area contributed by atoms with Crippen molar-refractivity contribution < 1.29 is 18.0 Å². The van der Waals surface area contributed by atoms with E-state index in [0.717, 1.165) is 19.3 Å². The number of hydrogen-bond acceptors (Lipinski definition) is 5. The Morgan fingerprint density at radius 1 is 1.10 bits per heavy atom. The Bertz CT molecular complexity index is 1120. The molecule has 1 aromatic carbocycles. The van der Waals surface area contributed by atoms with Crippen molar-refractivity contribution in [1.82, 2.24) is 15.1 Å². The molecule has 1 saturated carbocycles. The molecule has 166 valence electrons. The summed E-state index contributed by atoms with van der Waals surface area (Å²) >= 11 is 0. The minimum Gasteiger partial charge on any atom is -0.345 e. The summed E-state index contributed by atoms with van der Waals surface area (Å²) in [7, 11) is -3.31. The number of anilines is 1. The molecule has 0 unspecified atom stereocenters. The lowest BCUT2D eigenvalue weighted by atomic mass is 9.70. The number of aromatic nitrogens is 2. The van der Waals surface area contributed by atoms with Gasteiger partial charge in [-0.15, -0.1) is 0 Å². The van der Waals surface area contributed by atoms with E-state index >= 15 is 0 Å². The molecule has 1 fully saturated rings. The van der Waals surface area contributed by atoms with Crippen molar-refractivity contribution in [3.8, 4) is 5.69 Å². The van der Waals surface area contributed by atoms with Gasteiger partial charge in [-0.05, 0) is 42.7 Å². The molecule has 1 aliphatic carbocycles. The average Bonchev–Trinajstić information content (AvgIpc) is 3.13. The van der Waals surface area contributed by atoms with Crippen LogP contribution >= 0.6 is 0 Å². The van der Waals surface area contributed by atoms with Gasteiger partial charge in [-0.25, -0.2) is 13.1 Å². The van der Waals surface area contributed by atoms with E-state index in [-0.39, 0.29) is 28.8 Å². The standard InChI is InChI=1S/C22H28N4O4S/c1-14-9-15(11-22(2,3)10-14)23-20(27)21(28)24-19-17-12-31(29,30)13-18(17)25-26(19)16-7-5-4-6-8-16/h4-8,14-15H,9-13H2,1-3H3,(H,23,27)(H,24,28)/t14-,15+/m1/s1. The molecule has 2 amide bonds. The lowest BCUT2D eigenvalue weighted by molar-refractivity contribution is -0.137. The smallest absolute Gasteiger partial charge is 0.314 e. The summed E-state index contributed by atoms with van der Waals surface area (Å²) in [6.45, 7) is 6.50. The Morgan fingerprint density at radius 2 is 1.81 bits per heavy atom. The van der Waals surface area contributed by atoms with Crippen LogP contribution in [0.3, 0.4) is 0 Å². The van der Waals surface area contributed by atoms with Crippen molar-refractivity contribution >= 4 is 27.5 Å². The van der Waals surface area contributed by atoms with Gasteiger partial charge in [0.2, 0.25) is 0 Å². The number of rotatable bonds is 3. The van der Waals surface area contributed by atoms with Gasteiger partial charge >= 0.3 is 11.8 Å². The summed E-state index contributed by atoms with van der Waals surface area (Å²) in [6.07, 6.45) is 2.73. The Morgan fingerprint density at radius 3 is 2.48 bits per heavy atom. The SMILES string of the molecule is C[C@@H]1C[C@H](NC(=O)C(=O)Nc2c3c(nn2-c2ccccc2)CS(=O)(=O)C3)CC(C)(C)C1. The molecule has 9 heteroatoms. The third kappa shape index (κ3) is 4.66. The molecule has 4 rings (SSSR count). The number of para-hydroxylation sites is 1. The van der Waals surface area contributed by atoms with E-state index in [2.05, 4.69) is 36.5 Å². The fraction of sp³-hybridized carbons (Fsp3) is 0.500. The fourth-order valence-corrected chi connectivity index (χ4v) is 6.49. The number of hydrogen-bond donors (Lipinski definition) is 2. The van der Waals surface area contributed by atoms with Gasteiger partial charge in [-0.3, -0.25) is 9.59 Å². The van der Waals surface area contributed by atoms with Gasteiger partial charge in [0.15, 0.2) is 9.84 Å². The monoisotopic (exact) mass is 444 g/mol. The molecule has 2 aliphatic rings. The molecule has 0 saturated heterocycles. The quantitative estimate of drug-likeness (QED) is 0.707. The summed E-state index contributed by atoms with van der Waals surface area (Å²) in [4.78, 5) is 25.4. The first-order valence-corrected chi connectivity index (χ1v) is 12.3. The molecule has 2 heterocycles. The lowest BCUT2D eigenvalue weighted by Gasteiger charge is -2.39. The maximum absolute atomic E-state index is 12.8. The zero-order valence-electron chi connectivity index (χ0n) is 18.0. The molecule has 0 radical (unpaired) electrons. The van der Waals surface area contributed by atoms with Crippen LogP contribution in [0.25, 0.3) is 5.69 Å². The summed E-state index contributed by atoms with van der Waals surface area (Å²) < 4.78 is 25.7. The molecule has 0 spiro atoms. The summed E-state index contributed by atoms with van der Waals surface area (Å²) in [5, 5.41) is 9.90. The van der Waals surface area contributed by atoms with Crippen molar-refractivity contribution in [1.29, 1.82) is 0 Å². The number of nitrogens with zero attached hydrogens (tertiary/aromatic N) is 2. The van der Waals surface area contributed by atoms with Gasteiger partial charge in [-0.1, -0.05) is 39.0 Å². The maximum atomic E-state index is 12.8. The third-order valence-corrected chi connectivity index (χ3v) is 7.39. The third-order valence-electron chi connectivity index (χ3n) is 5.95. The topological polar surface area (TPSA) is 110 Å². The van der Waals surface area contributed by atoms with E-state index in [9.17, 15) is 18.0 Å². The van der Waals surface area contributed by atoms with Crippen LogP contribution in [-0.2, 0) is 30.9 Å². The second kappa shape index (κ2) is 7.78. The van der Waals surface area contributed by atoms with Crippen LogP contribution in [-0.4, -0.2) is 36.1 Å². The predicted octanol–water partition coefficient (Wildman–Crippen LogP) is 2.57. The number of nitrogens with one attached hydrogen (secondary N) is 2. The minimum atomic E-state index is -3.31. The lowest BCUT2D eigenvalue weighted by Crippen LogP contribution is -2.46. The highest BCUT2D eigenvalue weighted by Gasteiger charge is 2.36. The zero-order chi connectivity index (χ0) is 22.4. The Labute approximate surface area is 182 Å². The highest BCUT2D eigenvalue weighted by molar-refractivity contribution is 7.90. The summed E-state index contributed by atoms with van der Waals surface area (Å²) in [5.74, 6) is -1.22. The minimum absolute atomic E-state index is 0.0675. The first kappa shape index (κ1) is 21.5. The summed E-state index contributed by atoms with van der Waals surface area (Å²) in [5.41, 5.74) is 1.63. The molecule has 2 N–H and O–H groups in total. The Balaban J connectivity index is 1.56. The zero-order valence-corrected chi connectivity index (χ0v) is 18.8. The second-order valence-electron chi connectivity index (χ2n) is 9.59. The highest BCUT2D eigenvalue weighted by Crippen LogP contribution is 2.38. The van der Waals surface area contributed by atoms with E-state index in [1.807, 2.05) is 18.2 Å². The van der Waals surface area contributed by atoms with E-state index in [1.54, 1.807) is 12.1 Å². The van der Waals surface area contributed by atoms with Gasteiger partial charge in [0.1, 0.15) is 5.82 Å². The van der Waals surface area contributed by atoms with Crippen LogP contribution < -0.4 is 10.6 Å². The first-order valence-electron chi connectivity index (χ1n) is 10.5. The van der Waals surface area contributed by atoms with Gasteiger partial charge < -0.3 is 10.6 Å². The first-order chi connectivity index (χ1) is 14.5. The number of carbonyl (C=O) groups excluding carboxylic acids is 2. The van der Waals surface area contributed by atoms with Gasteiger partial charge in [-0.2, -0.15) is 5.10 Å². The predicted molar refractivity (Wildman–Crippen MR) is 117 cm³/mol. The number of benzene rings is 1. The van der Waals surface area contributed by atoms with Crippen molar-refractivity contribution in [3.63, 3.8) is 0 Å². The van der Waals surface area contributed by atoms with Gasteiger partial charge in [0.25, 0.3) is 0 Å². The number of amides is 2. The van der Waals surface area contributed by atoms with Crippen molar-refractivity contribution in [2.75, 3.05) is 5.32 Å². The second-order valence-corrected chi connectivity index (χ2v) is 11.7. The molecule has 2 atom stereocenters.